The van der Waals surface area contributed by atoms with Crippen molar-refractivity contribution in [1.82, 2.24) is 4.90 Å². The summed E-state index contributed by atoms with van der Waals surface area (Å²) in [6.07, 6.45) is 3.08. The molecule has 2 unspecified atom stereocenters. The largest absolute Gasteiger partial charge is 0.271 e. The van der Waals surface area contributed by atoms with Crippen LogP contribution in [0.3, 0.4) is 0 Å². The topological polar surface area (TPSA) is 37.4 Å². The molecule has 15 heavy (non-hydrogen) atoms. The number of imide groups is 1. The minimum atomic E-state index is -2.22. The number of hydrogen-bond donors (Lipinski definition) is 1. The molecule has 0 N–H and O–H groups in total. The summed E-state index contributed by atoms with van der Waals surface area (Å²) in [5.41, 5.74) is 0. The third-order valence-corrected chi connectivity index (χ3v) is 3.81. The highest BCUT2D eigenvalue weighted by Crippen LogP contribution is 2.25. The van der Waals surface area contributed by atoms with Gasteiger partial charge in [-0.05, 0) is 6.42 Å². The van der Waals surface area contributed by atoms with Crippen molar-refractivity contribution < 1.29 is 13.8 Å². The number of halogens is 1. The van der Waals surface area contributed by atoms with Crippen molar-refractivity contribution in [3.05, 3.63) is 12.2 Å². The quantitative estimate of drug-likeness (QED) is 0.461. The average molecular weight is 267 g/mol. The number of hydrogen-bond acceptors (Lipinski definition) is 4. The van der Waals surface area contributed by atoms with Gasteiger partial charge in [0.25, 0.3) is 11.8 Å². The van der Waals surface area contributed by atoms with Gasteiger partial charge in [-0.15, -0.1) is 0 Å². The normalized spacial score (nSPS) is 19.7. The van der Waals surface area contributed by atoms with Crippen LogP contribution in [-0.4, -0.2) is 34.7 Å². The standard InChI is InChI=1S/C8H11FNO2PS2/c9-13(15)4-3-6(5-14)10-7(11)1-2-8(10)12/h1-2,6,13-14H,3-5H2. The van der Waals surface area contributed by atoms with Crippen molar-refractivity contribution in [1.29, 1.82) is 0 Å². The molecule has 1 heterocycles. The first-order valence-electron chi connectivity index (χ1n) is 4.40. The molecule has 3 nitrogen and oxygen atoms in total. The van der Waals surface area contributed by atoms with Gasteiger partial charge in [0.2, 0.25) is 0 Å². The first-order chi connectivity index (χ1) is 7.06. The van der Waals surface area contributed by atoms with E-state index in [1.54, 1.807) is 0 Å². The van der Waals surface area contributed by atoms with Crippen LogP contribution in [0.4, 0.5) is 4.20 Å². The van der Waals surface area contributed by atoms with Crippen molar-refractivity contribution in [2.45, 2.75) is 12.5 Å². The lowest BCUT2D eigenvalue weighted by atomic mass is 10.2. The highest BCUT2D eigenvalue weighted by molar-refractivity contribution is 8.02. The van der Waals surface area contributed by atoms with Crippen LogP contribution in [0.25, 0.3) is 0 Å². The van der Waals surface area contributed by atoms with E-state index in [2.05, 4.69) is 24.4 Å². The Labute approximate surface area is 98.7 Å². The van der Waals surface area contributed by atoms with Gasteiger partial charge in [-0.25, -0.2) is 4.20 Å². The Kier molecular flexibility index (Phi) is 4.96. The van der Waals surface area contributed by atoms with Gasteiger partial charge in [0.15, 0.2) is 0 Å². The molecule has 84 valence electrons. The molecular weight excluding hydrogens is 256 g/mol. The Morgan fingerprint density at radius 2 is 2.00 bits per heavy atom. The first kappa shape index (κ1) is 12.9. The fourth-order valence-electron chi connectivity index (χ4n) is 1.35. The lowest BCUT2D eigenvalue weighted by molar-refractivity contribution is -0.138. The maximum Gasteiger partial charge on any atom is 0.253 e. The molecule has 1 aliphatic heterocycles. The van der Waals surface area contributed by atoms with E-state index in [0.717, 1.165) is 4.90 Å². The van der Waals surface area contributed by atoms with Gasteiger partial charge in [-0.1, -0.05) is 11.8 Å². The predicted octanol–water partition coefficient (Wildman–Crippen LogP) is 1.16. The highest BCUT2D eigenvalue weighted by atomic mass is 32.4. The summed E-state index contributed by atoms with van der Waals surface area (Å²) in [7, 11) is -2.22. The highest BCUT2D eigenvalue weighted by Gasteiger charge is 2.29. The number of nitrogens with zero attached hydrogens (tertiary/aromatic N) is 1. The molecule has 0 spiro atoms. The molecular formula is C8H11FNO2PS2. The smallest absolute Gasteiger partial charge is 0.253 e. The summed E-state index contributed by atoms with van der Waals surface area (Å²) in [6.45, 7) is 0. The molecule has 0 aromatic rings. The minimum absolute atomic E-state index is 0.252. The van der Waals surface area contributed by atoms with Crippen LogP contribution in [0, 0.1) is 0 Å². The summed E-state index contributed by atoms with van der Waals surface area (Å²) in [6, 6.07) is -0.345. The van der Waals surface area contributed by atoms with E-state index >= 15 is 0 Å². The SMILES string of the molecule is O=C1C=CC(=O)N1C(CS)CC[PH](F)=S. The lowest BCUT2D eigenvalue weighted by Gasteiger charge is -2.24. The molecule has 0 fully saturated rings. The predicted molar refractivity (Wildman–Crippen MR) is 64.9 cm³/mol. The molecule has 1 aliphatic rings. The zero-order valence-corrected chi connectivity index (χ0v) is 10.6. The van der Waals surface area contributed by atoms with Crippen LogP contribution in [0.1, 0.15) is 6.42 Å². The third kappa shape index (κ3) is 3.40. The Hall–Kier alpha value is -0.190. The molecule has 0 radical (unpaired) electrons. The van der Waals surface area contributed by atoms with E-state index in [9.17, 15) is 13.8 Å². The number of amides is 2. The fraction of sp³-hybridized carbons (Fsp3) is 0.500. The second-order valence-corrected chi connectivity index (χ2v) is 6.01. The molecule has 0 saturated carbocycles. The molecule has 0 bridgehead atoms. The molecule has 0 aromatic heterocycles. The van der Waals surface area contributed by atoms with Crippen molar-refractivity contribution in [3.63, 3.8) is 0 Å². The Bertz CT molecular complexity index is 317. The van der Waals surface area contributed by atoms with Crippen molar-refractivity contribution >= 4 is 43.3 Å². The van der Waals surface area contributed by atoms with Crippen LogP contribution in [0.2, 0.25) is 0 Å². The lowest BCUT2D eigenvalue weighted by Crippen LogP contribution is -2.41. The van der Waals surface area contributed by atoms with E-state index in [1.165, 1.54) is 12.2 Å². The number of carbonyl (C=O) groups is 2. The van der Waals surface area contributed by atoms with Gasteiger partial charge in [0, 0.05) is 30.1 Å². The summed E-state index contributed by atoms with van der Waals surface area (Å²) in [5.74, 6) is -0.365. The van der Waals surface area contributed by atoms with Crippen molar-refractivity contribution in [3.8, 4) is 0 Å². The van der Waals surface area contributed by atoms with Crippen LogP contribution < -0.4 is 0 Å². The van der Waals surface area contributed by atoms with Gasteiger partial charge in [0.05, 0.1) is 0 Å². The first-order valence-corrected chi connectivity index (χ1v) is 7.75. The van der Waals surface area contributed by atoms with Crippen molar-refractivity contribution in [2.75, 3.05) is 11.9 Å². The fourth-order valence-corrected chi connectivity index (χ4v) is 2.61. The number of carbonyl (C=O) groups excluding carboxylic acids is 2. The molecule has 2 amide bonds. The summed E-state index contributed by atoms with van der Waals surface area (Å²) >= 11 is 8.54. The Balaban J connectivity index is 2.62. The van der Waals surface area contributed by atoms with E-state index in [-0.39, 0.29) is 24.0 Å². The average Bonchev–Trinajstić information content (AvgIpc) is 2.49. The minimum Gasteiger partial charge on any atom is -0.271 e. The maximum atomic E-state index is 12.6. The van der Waals surface area contributed by atoms with E-state index < -0.39 is 7.01 Å². The summed E-state index contributed by atoms with van der Waals surface area (Å²) in [5, 5.41) is 0. The maximum absolute atomic E-state index is 12.6. The summed E-state index contributed by atoms with van der Waals surface area (Å²) in [4.78, 5) is 23.7. The van der Waals surface area contributed by atoms with Crippen LogP contribution in [0.15, 0.2) is 12.2 Å². The molecule has 0 aromatic carbocycles. The number of thiol groups is 1. The van der Waals surface area contributed by atoms with Gasteiger partial charge in [0.1, 0.15) is 7.01 Å². The zero-order chi connectivity index (χ0) is 11.4. The van der Waals surface area contributed by atoms with Crippen molar-refractivity contribution in [2.24, 2.45) is 0 Å². The number of rotatable bonds is 5. The Morgan fingerprint density at radius 3 is 2.40 bits per heavy atom. The van der Waals surface area contributed by atoms with E-state index in [1.807, 2.05) is 0 Å². The van der Waals surface area contributed by atoms with Gasteiger partial charge in [-0.2, -0.15) is 12.6 Å². The van der Waals surface area contributed by atoms with Crippen LogP contribution in [0.5, 0.6) is 0 Å². The second kappa shape index (κ2) is 5.77. The zero-order valence-electron chi connectivity index (χ0n) is 7.85. The molecule has 0 aliphatic carbocycles. The van der Waals surface area contributed by atoms with Gasteiger partial charge < -0.3 is 0 Å². The monoisotopic (exact) mass is 267 g/mol. The summed E-state index contributed by atoms with van der Waals surface area (Å²) < 4.78 is 12.6. The molecule has 1 rings (SSSR count). The van der Waals surface area contributed by atoms with Gasteiger partial charge >= 0.3 is 0 Å². The van der Waals surface area contributed by atoms with E-state index in [0.29, 0.717) is 12.2 Å². The third-order valence-electron chi connectivity index (χ3n) is 2.09. The van der Waals surface area contributed by atoms with Crippen LogP contribution >= 0.6 is 19.6 Å². The Morgan fingerprint density at radius 1 is 1.47 bits per heavy atom. The molecule has 0 saturated heterocycles. The second-order valence-electron chi connectivity index (χ2n) is 3.11. The van der Waals surface area contributed by atoms with Crippen LogP contribution in [-0.2, 0) is 21.4 Å². The van der Waals surface area contributed by atoms with E-state index in [4.69, 9.17) is 0 Å². The molecule has 7 heteroatoms. The molecule has 2 atom stereocenters. The van der Waals surface area contributed by atoms with Gasteiger partial charge in [-0.3, -0.25) is 14.5 Å².